The van der Waals surface area contributed by atoms with Crippen LogP contribution in [0.5, 0.6) is 5.75 Å². The van der Waals surface area contributed by atoms with Gasteiger partial charge in [0.15, 0.2) is 0 Å². The number of hydrogen-bond donors (Lipinski definition) is 2. The SMILES string of the molecule is Oc1cccc(Br)c1CN1CCC[C@H]1C(O)(c1ccccc1)c1ccccc1. The molecule has 2 N–H and O–H groups in total. The Morgan fingerprint density at radius 3 is 2.07 bits per heavy atom. The van der Waals surface area contributed by atoms with Gasteiger partial charge < -0.3 is 10.2 Å². The van der Waals surface area contributed by atoms with Crippen LogP contribution in [0, 0.1) is 0 Å². The van der Waals surface area contributed by atoms with Gasteiger partial charge in [0.25, 0.3) is 0 Å². The number of rotatable bonds is 5. The lowest BCUT2D eigenvalue weighted by atomic mass is 9.79. The summed E-state index contributed by atoms with van der Waals surface area (Å²) in [6.45, 7) is 1.47. The monoisotopic (exact) mass is 437 g/mol. The smallest absolute Gasteiger partial charge is 0.130 e. The number of nitrogens with zero attached hydrogens (tertiary/aromatic N) is 1. The molecule has 3 aromatic carbocycles. The first-order chi connectivity index (χ1) is 13.6. The zero-order valence-corrected chi connectivity index (χ0v) is 17.2. The van der Waals surface area contributed by atoms with Crippen molar-refractivity contribution in [1.82, 2.24) is 4.90 Å². The van der Waals surface area contributed by atoms with Crippen LogP contribution in [0.25, 0.3) is 0 Å². The van der Waals surface area contributed by atoms with E-state index in [9.17, 15) is 10.2 Å². The molecule has 0 spiro atoms. The summed E-state index contributed by atoms with van der Waals surface area (Å²) in [4.78, 5) is 2.29. The molecule has 4 heteroatoms. The molecule has 0 saturated carbocycles. The van der Waals surface area contributed by atoms with E-state index in [0.717, 1.165) is 40.5 Å². The van der Waals surface area contributed by atoms with Gasteiger partial charge in [-0.1, -0.05) is 82.7 Å². The van der Waals surface area contributed by atoms with Crippen molar-refractivity contribution in [2.75, 3.05) is 6.54 Å². The summed E-state index contributed by atoms with van der Waals surface area (Å²) in [5.74, 6) is 0.281. The third kappa shape index (κ3) is 3.48. The molecule has 0 aliphatic carbocycles. The predicted molar refractivity (Wildman–Crippen MR) is 115 cm³/mol. The van der Waals surface area contributed by atoms with Crippen LogP contribution in [-0.4, -0.2) is 27.7 Å². The summed E-state index contributed by atoms with van der Waals surface area (Å²) in [6, 6.07) is 25.2. The molecule has 1 aliphatic rings. The van der Waals surface area contributed by atoms with Crippen molar-refractivity contribution in [2.24, 2.45) is 0 Å². The van der Waals surface area contributed by atoms with Gasteiger partial charge in [0.1, 0.15) is 11.4 Å². The number of halogens is 1. The molecule has 1 atom stereocenters. The minimum atomic E-state index is -1.12. The highest BCUT2D eigenvalue weighted by atomic mass is 79.9. The van der Waals surface area contributed by atoms with Crippen LogP contribution >= 0.6 is 15.9 Å². The molecule has 0 aromatic heterocycles. The topological polar surface area (TPSA) is 43.7 Å². The maximum atomic E-state index is 12.1. The molecule has 0 amide bonds. The van der Waals surface area contributed by atoms with E-state index in [2.05, 4.69) is 20.8 Å². The van der Waals surface area contributed by atoms with Crippen molar-refractivity contribution < 1.29 is 10.2 Å². The van der Waals surface area contributed by atoms with Gasteiger partial charge in [-0.3, -0.25) is 4.90 Å². The van der Waals surface area contributed by atoms with E-state index >= 15 is 0 Å². The zero-order chi connectivity index (χ0) is 19.6. The van der Waals surface area contributed by atoms with Crippen molar-refractivity contribution in [2.45, 2.75) is 31.0 Å². The number of hydrogen-bond acceptors (Lipinski definition) is 3. The third-order valence-corrected chi connectivity index (χ3v) is 6.47. The summed E-state index contributed by atoms with van der Waals surface area (Å²) < 4.78 is 0.890. The maximum absolute atomic E-state index is 12.1. The third-order valence-electron chi connectivity index (χ3n) is 5.73. The molecule has 1 saturated heterocycles. The van der Waals surface area contributed by atoms with E-state index in [1.807, 2.05) is 72.8 Å². The lowest BCUT2D eigenvalue weighted by Crippen LogP contribution is -2.48. The second kappa shape index (κ2) is 8.08. The minimum absolute atomic E-state index is 0.0798. The molecule has 0 unspecified atom stereocenters. The van der Waals surface area contributed by atoms with E-state index in [4.69, 9.17) is 0 Å². The van der Waals surface area contributed by atoms with Gasteiger partial charge in [0, 0.05) is 22.6 Å². The first-order valence-electron chi connectivity index (χ1n) is 9.64. The summed E-state index contributed by atoms with van der Waals surface area (Å²) in [6.07, 6.45) is 1.91. The van der Waals surface area contributed by atoms with Crippen molar-refractivity contribution in [3.8, 4) is 5.75 Å². The Labute approximate surface area is 174 Å². The quantitative estimate of drug-likeness (QED) is 0.586. The van der Waals surface area contributed by atoms with E-state index < -0.39 is 5.60 Å². The zero-order valence-electron chi connectivity index (χ0n) is 15.6. The Hall–Kier alpha value is -2.14. The van der Waals surface area contributed by atoms with E-state index in [1.165, 1.54) is 0 Å². The average Bonchev–Trinajstić information content (AvgIpc) is 3.20. The lowest BCUT2D eigenvalue weighted by molar-refractivity contribution is -0.00678. The number of likely N-dealkylation sites (tertiary alicyclic amines) is 1. The molecule has 3 aromatic rings. The highest BCUT2D eigenvalue weighted by Crippen LogP contribution is 2.41. The van der Waals surface area contributed by atoms with Crippen LogP contribution in [0.4, 0.5) is 0 Å². The fourth-order valence-corrected chi connectivity index (χ4v) is 4.81. The summed E-state index contributed by atoms with van der Waals surface area (Å²) >= 11 is 3.57. The largest absolute Gasteiger partial charge is 0.508 e. The molecule has 144 valence electrons. The Morgan fingerprint density at radius 1 is 0.893 bits per heavy atom. The Kier molecular flexibility index (Phi) is 5.54. The average molecular weight is 438 g/mol. The fourth-order valence-electron chi connectivity index (χ4n) is 4.33. The molecule has 0 radical (unpaired) electrons. The standard InChI is InChI=1S/C24H24BrNO2/c25-21-13-7-14-22(27)20(21)17-26-16-8-15-23(26)24(28,18-9-3-1-4-10-18)19-11-5-2-6-12-19/h1-7,9-14,23,27-28H,8,15-17H2/t23-/m0/s1. The lowest BCUT2D eigenvalue weighted by Gasteiger charge is -2.40. The number of aliphatic hydroxyl groups is 1. The van der Waals surface area contributed by atoms with Crippen molar-refractivity contribution in [3.05, 3.63) is 100 Å². The van der Waals surface area contributed by atoms with Crippen LogP contribution in [0.3, 0.4) is 0 Å². The number of phenols is 1. The van der Waals surface area contributed by atoms with Crippen LogP contribution in [0.1, 0.15) is 29.5 Å². The molecule has 1 aliphatic heterocycles. The van der Waals surface area contributed by atoms with E-state index in [1.54, 1.807) is 6.07 Å². The molecule has 0 bridgehead atoms. The Morgan fingerprint density at radius 2 is 1.50 bits per heavy atom. The van der Waals surface area contributed by atoms with Crippen LogP contribution in [0.2, 0.25) is 0 Å². The van der Waals surface area contributed by atoms with Gasteiger partial charge in [0.05, 0.1) is 0 Å². The summed E-state index contributed by atoms with van der Waals surface area (Å²) in [7, 11) is 0. The fraction of sp³-hybridized carbons (Fsp3) is 0.250. The first-order valence-corrected chi connectivity index (χ1v) is 10.4. The van der Waals surface area contributed by atoms with Crippen molar-refractivity contribution in [3.63, 3.8) is 0 Å². The van der Waals surface area contributed by atoms with Gasteiger partial charge in [-0.25, -0.2) is 0 Å². The van der Waals surface area contributed by atoms with Gasteiger partial charge in [-0.2, -0.15) is 0 Å². The molecular formula is C24H24BrNO2. The van der Waals surface area contributed by atoms with Crippen LogP contribution in [0.15, 0.2) is 83.3 Å². The Balaban J connectivity index is 1.76. The predicted octanol–water partition coefficient (Wildman–Crippen LogP) is 5.06. The normalized spacial score (nSPS) is 17.7. The molecule has 1 heterocycles. The van der Waals surface area contributed by atoms with Crippen LogP contribution < -0.4 is 0 Å². The Bertz CT molecular complexity index is 870. The second-order valence-electron chi connectivity index (χ2n) is 7.36. The molecular weight excluding hydrogens is 414 g/mol. The second-order valence-corrected chi connectivity index (χ2v) is 8.22. The van der Waals surface area contributed by atoms with Gasteiger partial charge in [-0.05, 0) is 42.6 Å². The highest BCUT2D eigenvalue weighted by molar-refractivity contribution is 9.10. The molecule has 4 rings (SSSR count). The molecule has 1 fully saturated rings. The van der Waals surface area contributed by atoms with Crippen molar-refractivity contribution in [1.29, 1.82) is 0 Å². The van der Waals surface area contributed by atoms with E-state index in [-0.39, 0.29) is 11.8 Å². The van der Waals surface area contributed by atoms with Crippen LogP contribution in [-0.2, 0) is 12.1 Å². The van der Waals surface area contributed by atoms with Gasteiger partial charge >= 0.3 is 0 Å². The van der Waals surface area contributed by atoms with Gasteiger partial charge in [-0.15, -0.1) is 0 Å². The van der Waals surface area contributed by atoms with E-state index in [0.29, 0.717) is 6.54 Å². The number of phenolic OH excluding ortho intramolecular Hbond substituents is 1. The number of benzene rings is 3. The molecule has 28 heavy (non-hydrogen) atoms. The highest BCUT2D eigenvalue weighted by Gasteiger charge is 2.45. The minimum Gasteiger partial charge on any atom is -0.508 e. The summed E-state index contributed by atoms with van der Waals surface area (Å²) in [5, 5.41) is 22.5. The maximum Gasteiger partial charge on any atom is 0.130 e. The first kappa shape index (κ1) is 19.2. The summed E-state index contributed by atoms with van der Waals surface area (Å²) in [5.41, 5.74) is 1.54. The molecule has 3 nitrogen and oxygen atoms in total. The van der Waals surface area contributed by atoms with Gasteiger partial charge in [0.2, 0.25) is 0 Å². The number of aromatic hydroxyl groups is 1. The van der Waals surface area contributed by atoms with Crippen molar-refractivity contribution >= 4 is 15.9 Å².